The standard InChI is InChI=1S/C14H9ClF3NO/c15-10-2-4-12-8(5-10)1-3-11-13(20-12)6-9(7-19-11)14(16,17)18/h2,4-7H,1,3H2. The summed E-state index contributed by atoms with van der Waals surface area (Å²) in [6.07, 6.45) is -2.45. The molecule has 2 nitrogen and oxygen atoms in total. The average Bonchev–Trinajstić information content (AvgIpc) is 2.55. The van der Waals surface area contributed by atoms with Crippen molar-refractivity contribution in [3.8, 4) is 11.5 Å². The number of pyridine rings is 1. The van der Waals surface area contributed by atoms with E-state index in [1.165, 1.54) is 0 Å². The van der Waals surface area contributed by atoms with Gasteiger partial charge in [-0.1, -0.05) is 11.6 Å². The lowest BCUT2D eigenvalue weighted by atomic mass is 10.1. The van der Waals surface area contributed by atoms with E-state index in [0.29, 0.717) is 29.3 Å². The van der Waals surface area contributed by atoms with E-state index in [1.54, 1.807) is 18.2 Å². The highest BCUT2D eigenvalue weighted by Gasteiger charge is 2.32. The number of rotatable bonds is 0. The molecule has 0 aliphatic carbocycles. The van der Waals surface area contributed by atoms with Crippen molar-refractivity contribution < 1.29 is 17.9 Å². The first kappa shape index (κ1) is 13.2. The van der Waals surface area contributed by atoms with Gasteiger partial charge in [0.2, 0.25) is 0 Å². The Bertz CT molecular complexity index is 670. The molecule has 0 radical (unpaired) electrons. The maximum absolute atomic E-state index is 12.7. The third-order valence-electron chi connectivity index (χ3n) is 3.13. The molecule has 2 aromatic rings. The molecule has 0 saturated carbocycles. The molecular formula is C14H9ClF3NO. The number of halogens is 4. The maximum atomic E-state index is 12.7. The van der Waals surface area contributed by atoms with Crippen LogP contribution in [0.15, 0.2) is 30.5 Å². The van der Waals surface area contributed by atoms with E-state index in [-0.39, 0.29) is 5.75 Å². The first-order valence-electron chi connectivity index (χ1n) is 5.96. The number of fused-ring (bicyclic) bond motifs is 2. The summed E-state index contributed by atoms with van der Waals surface area (Å²) in [5, 5.41) is 0.572. The number of benzene rings is 1. The maximum Gasteiger partial charge on any atom is 0.418 e. The molecule has 0 amide bonds. The molecule has 0 unspecified atom stereocenters. The van der Waals surface area contributed by atoms with Crippen molar-refractivity contribution in [2.75, 3.05) is 0 Å². The number of alkyl halides is 3. The molecule has 1 aromatic heterocycles. The summed E-state index contributed by atoms with van der Waals surface area (Å²) in [6.45, 7) is 0. The van der Waals surface area contributed by atoms with Gasteiger partial charge in [-0.05, 0) is 42.7 Å². The average molecular weight is 300 g/mol. The lowest BCUT2D eigenvalue weighted by molar-refractivity contribution is -0.137. The largest absolute Gasteiger partial charge is 0.455 e. The van der Waals surface area contributed by atoms with Crippen molar-refractivity contribution >= 4 is 11.6 Å². The van der Waals surface area contributed by atoms with Gasteiger partial charge in [-0.25, -0.2) is 0 Å². The second kappa shape index (κ2) is 4.66. The second-order valence-corrected chi connectivity index (χ2v) is 4.96. The summed E-state index contributed by atoms with van der Waals surface area (Å²) in [5.74, 6) is 0.676. The molecule has 0 spiro atoms. The Morgan fingerprint density at radius 1 is 1.10 bits per heavy atom. The zero-order valence-electron chi connectivity index (χ0n) is 10.2. The van der Waals surface area contributed by atoms with E-state index in [2.05, 4.69) is 4.98 Å². The fourth-order valence-corrected chi connectivity index (χ4v) is 2.31. The van der Waals surface area contributed by atoms with E-state index in [9.17, 15) is 13.2 Å². The van der Waals surface area contributed by atoms with Gasteiger partial charge in [0.05, 0.1) is 11.3 Å². The van der Waals surface area contributed by atoms with Gasteiger partial charge in [0, 0.05) is 11.2 Å². The van der Waals surface area contributed by atoms with Crippen molar-refractivity contribution in [1.82, 2.24) is 4.98 Å². The molecule has 1 aromatic carbocycles. The summed E-state index contributed by atoms with van der Waals surface area (Å²) in [6, 6.07) is 6.05. The van der Waals surface area contributed by atoms with Gasteiger partial charge in [-0.2, -0.15) is 13.2 Å². The van der Waals surface area contributed by atoms with Gasteiger partial charge >= 0.3 is 6.18 Å². The van der Waals surface area contributed by atoms with Crippen LogP contribution >= 0.6 is 11.6 Å². The van der Waals surface area contributed by atoms with Crippen LogP contribution in [0.1, 0.15) is 16.8 Å². The van der Waals surface area contributed by atoms with Crippen molar-refractivity contribution in [3.63, 3.8) is 0 Å². The van der Waals surface area contributed by atoms with Crippen LogP contribution in [0.2, 0.25) is 5.02 Å². The first-order chi connectivity index (χ1) is 9.43. The highest BCUT2D eigenvalue weighted by molar-refractivity contribution is 6.30. The Morgan fingerprint density at radius 3 is 2.65 bits per heavy atom. The summed E-state index contributed by atoms with van der Waals surface area (Å²) < 4.78 is 43.7. The van der Waals surface area contributed by atoms with Crippen LogP contribution in [0, 0.1) is 0 Å². The van der Waals surface area contributed by atoms with Crippen molar-refractivity contribution in [1.29, 1.82) is 0 Å². The van der Waals surface area contributed by atoms with Gasteiger partial charge in [0.25, 0.3) is 0 Å². The number of hydrogen-bond acceptors (Lipinski definition) is 2. The number of aromatic nitrogens is 1. The molecule has 1 aliphatic heterocycles. The third-order valence-corrected chi connectivity index (χ3v) is 3.37. The quantitative estimate of drug-likeness (QED) is 0.706. The topological polar surface area (TPSA) is 22.1 Å². The SMILES string of the molecule is FC(F)(F)c1cnc2c(c1)Oc1ccc(Cl)cc1CC2. The summed E-state index contributed by atoms with van der Waals surface area (Å²) in [7, 11) is 0. The molecule has 0 saturated heterocycles. The minimum absolute atomic E-state index is 0.154. The van der Waals surface area contributed by atoms with Crippen LogP contribution < -0.4 is 4.74 Å². The fraction of sp³-hybridized carbons (Fsp3) is 0.214. The molecule has 0 bridgehead atoms. The predicted molar refractivity (Wildman–Crippen MR) is 68.2 cm³/mol. The van der Waals surface area contributed by atoms with Crippen molar-refractivity contribution in [2.24, 2.45) is 0 Å². The van der Waals surface area contributed by atoms with Crippen molar-refractivity contribution in [2.45, 2.75) is 19.0 Å². The Labute approximate surface area is 118 Å². The summed E-state index contributed by atoms with van der Waals surface area (Å²) in [5.41, 5.74) is 0.572. The molecule has 104 valence electrons. The van der Waals surface area contributed by atoms with E-state index in [0.717, 1.165) is 17.8 Å². The van der Waals surface area contributed by atoms with Crippen molar-refractivity contribution in [3.05, 3.63) is 52.3 Å². The van der Waals surface area contributed by atoms with Gasteiger partial charge in [0.1, 0.15) is 11.5 Å². The van der Waals surface area contributed by atoms with Gasteiger partial charge in [0.15, 0.2) is 0 Å². The van der Waals surface area contributed by atoms with E-state index in [1.807, 2.05) is 0 Å². The van der Waals surface area contributed by atoms with E-state index < -0.39 is 11.7 Å². The minimum Gasteiger partial charge on any atom is -0.455 e. The number of hydrogen-bond donors (Lipinski definition) is 0. The lowest BCUT2D eigenvalue weighted by Gasteiger charge is -2.11. The number of aryl methyl sites for hydroxylation is 2. The molecule has 3 rings (SSSR count). The summed E-state index contributed by atoms with van der Waals surface area (Å²) in [4.78, 5) is 3.87. The van der Waals surface area contributed by atoms with E-state index in [4.69, 9.17) is 16.3 Å². The Kier molecular flexibility index (Phi) is 3.09. The third kappa shape index (κ3) is 2.45. The lowest BCUT2D eigenvalue weighted by Crippen LogP contribution is -2.07. The fourth-order valence-electron chi connectivity index (χ4n) is 2.12. The minimum atomic E-state index is -4.43. The zero-order valence-corrected chi connectivity index (χ0v) is 10.9. The number of nitrogens with zero attached hydrogens (tertiary/aromatic N) is 1. The van der Waals surface area contributed by atoms with Gasteiger partial charge in [-0.15, -0.1) is 0 Å². The predicted octanol–water partition coefficient (Wildman–Crippen LogP) is 4.64. The Balaban J connectivity index is 2.04. The van der Waals surface area contributed by atoms with Crippen LogP contribution in [0.25, 0.3) is 0 Å². The van der Waals surface area contributed by atoms with Crippen LogP contribution in [-0.4, -0.2) is 4.98 Å². The first-order valence-corrected chi connectivity index (χ1v) is 6.34. The molecule has 6 heteroatoms. The highest BCUT2D eigenvalue weighted by atomic mass is 35.5. The normalized spacial score (nSPS) is 14.0. The molecule has 20 heavy (non-hydrogen) atoms. The van der Waals surface area contributed by atoms with Gasteiger partial charge < -0.3 is 4.74 Å². The summed E-state index contributed by atoms with van der Waals surface area (Å²) >= 11 is 5.91. The number of ether oxygens (including phenoxy) is 1. The molecular weight excluding hydrogens is 291 g/mol. The smallest absolute Gasteiger partial charge is 0.418 e. The second-order valence-electron chi connectivity index (χ2n) is 4.52. The van der Waals surface area contributed by atoms with E-state index >= 15 is 0 Å². The molecule has 0 fully saturated rings. The Morgan fingerprint density at radius 2 is 1.90 bits per heavy atom. The van der Waals surface area contributed by atoms with Crippen LogP contribution in [-0.2, 0) is 19.0 Å². The van der Waals surface area contributed by atoms with Gasteiger partial charge in [-0.3, -0.25) is 4.98 Å². The molecule has 1 aliphatic rings. The Hall–Kier alpha value is -1.75. The monoisotopic (exact) mass is 299 g/mol. The van der Waals surface area contributed by atoms with Crippen LogP contribution in [0.5, 0.6) is 11.5 Å². The zero-order chi connectivity index (χ0) is 14.3. The highest BCUT2D eigenvalue weighted by Crippen LogP contribution is 2.37. The molecule has 2 heterocycles. The van der Waals surface area contributed by atoms with Crippen LogP contribution in [0.4, 0.5) is 13.2 Å². The molecule has 0 atom stereocenters. The molecule has 0 N–H and O–H groups in total. The van der Waals surface area contributed by atoms with Crippen LogP contribution in [0.3, 0.4) is 0 Å².